The van der Waals surface area contributed by atoms with Crippen LogP contribution in [0.4, 0.5) is 5.69 Å². The topological polar surface area (TPSA) is 58.8 Å². The van der Waals surface area contributed by atoms with Crippen molar-refractivity contribution in [3.05, 3.63) is 23.8 Å². The zero-order chi connectivity index (χ0) is 15.4. The Balaban J connectivity index is 2.25. The second kappa shape index (κ2) is 6.80. The molecule has 1 aromatic rings. The number of hydrogen-bond acceptors (Lipinski definition) is 4. The lowest BCUT2D eigenvalue weighted by molar-refractivity contribution is 0.0712. The minimum Gasteiger partial charge on any atom is -0.491 e. The quantitative estimate of drug-likeness (QED) is 0.841. The van der Waals surface area contributed by atoms with E-state index >= 15 is 0 Å². The van der Waals surface area contributed by atoms with E-state index in [0.717, 1.165) is 25.9 Å². The summed E-state index contributed by atoms with van der Waals surface area (Å²) in [6.07, 6.45) is 2.10. The molecule has 1 unspecified atom stereocenters. The number of para-hydroxylation sites is 1. The van der Waals surface area contributed by atoms with Crippen LogP contribution in [0.5, 0.6) is 5.75 Å². The average molecular weight is 291 g/mol. The number of nitrogen functional groups attached to an aromatic ring is 1. The van der Waals surface area contributed by atoms with Gasteiger partial charge in [-0.1, -0.05) is 6.07 Å². The Hall–Kier alpha value is -1.75. The van der Waals surface area contributed by atoms with Crippen molar-refractivity contribution in [3.63, 3.8) is 0 Å². The second-order valence-electron chi connectivity index (χ2n) is 5.71. The summed E-state index contributed by atoms with van der Waals surface area (Å²) in [5, 5.41) is 0. The van der Waals surface area contributed by atoms with Crippen molar-refractivity contribution < 1.29 is 9.53 Å². The Kier molecular flexibility index (Phi) is 5.07. The Morgan fingerprint density at radius 3 is 2.90 bits per heavy atom. The van der Waals surface area contributed by atoms with Crippen molar-refractivity contribution in [1.82, 2.24) is 9.80 Å². The Morgan fingerprint density at radius 1 is 1.48 bits per heavy atom. The number of nitrogens with zero attached hydrogens (tertiary/aromatic N) is 2. The highest BCUT2D eigenvalue weighted by Crippen LogP contribution is 2.30. The number of likely N-dealkylation sites (tertiary alicyclic amines) is 1. The van der Waals surface area contributed by atoms with Crippen molar-refractivity contribution >= 4 is 11.6 Å². The maximum absolute atomic E-state index is 12.9. The Morgan fingerprint density at radius 2 is 2.24 bits per heavy atom. The summed E-state index contributed by atoms with van der Waals surface area (Å²) in [5.41, 5.74) is 7.05. The van der Waals surface area contributed by atoms with Gasteiger partial charge in [0.15, 0.2) is 5.75 Å². The summed E-state index contributed by atoms with van der Waals surface area (Å²) in [7, 11) is 4.07. The maximum atomic E-state index is 12.9. The van der Waals surface area contributed by atoms with E-state index in [1.165, 1.54) is 0 Å². The molecular weight excluding hydrogens is 266 g/mol. The summed E-state index contributed by atoms with van der Waals surface area (Å²) < 4.78 is 5.58. The number of hydrogen-bond donors (Lipinski definition) is 1. The number of ether oxygens (including phenoxy) is 1. The molecule has 1 aromatic carbocycles. The highest BCUT2D eigenvalue weighted by atomic mass is 16.5. The van der Waals surface area contributed by atoms with Gasteiger partial charge in [0.1, 0.15) is 0 Å². The number of amides is 1. The third-order valence-corrected chi connectivity index (χ3v) is 3.78. The molecule has 0 spiro atoms. The van der Waals surface area contributed by atoms with Crippen LogP contribution in [-0.2, 0) is 0 Å². The molecule has 0 bridgehead atoms. The number of benzene rings is 1. The standard InChI is InChI=1S/C16H25N3O2/c1-4-21-15-13(8-5-9-14(15)17)16(20)19-10-6-7-12(19)11-18(2)3/h5,8-9,12H,4,6-7,10-11,17H2,1-3H3. The van der Waals surface area contributed by atoms with Gasteiger partial charge >= 0.3 is 0 Å². The molecule has 0 saturated carbocycles. The lowest BCUT2D eigenvalue weighted by Crippen LogP contribution is -2.41. The number of anilines is 1. The molecule has 5 heteroatoms. The van der Waals surface area contributed by atoms with E-state index in [9.17, 15) is 4.79 Å². The summed E-state index contributed by atoms with van der Waals surface area (Å²) in [4.78, 5) is 16.9. The zero-order valence-corrected chi connectivity index (χ0v) is 13.1. The van der Waals surface area contributed by atoms with Crippen molar-refractivity contribution in [2.75, 3.05) is 39.5 Å². The summed E-state index contributed by atoms with van der Waals surface area (Å²) in [6, 6.07) is 5.64. The summed E-state index contributed by atoms with van der Waals surface area (Å²) in [5.74, 6) is 0.538. The zero-order valence-electron chi connectivity index (χ0n) is 13.1. The monoisotopic (exact) mass is 291 g/mol. The average Bonchev–Trinajstić information content (AvgIpc) is 2.87. The van der Waals surface area contributed by atoms with E-state index < -0.39 is 0 Å². The SMILES string of the molecule is CCOc1c(N)cccc1C(=O)N1CCCC1CN(C)C. The first-order valence-electron chi connectivity index (χ1n) is 7.51. The van der Waals surface area contributed by atoms with Crippen LogP contribution >= 0.6 is 0 Å². The van der Waals surface area contributed by atoms with Gasteiger partial charge in [-0.15, -0.1) is 0 Å². The molecule has 5 nitrogen and oxygen atoms in total. The maximum Gasteiger partial charge on any atom is 0.257 e. The van der Waals surface area contributed by atoms with Gasteiger partial charge in [-0.05, 0) is 46.0 Å². The van der Waals surface area contributed by atoms with Crippen molar-refractivity contribution in [1.29, 1.82) is 0 Å². The first-order chi connectivity index (χ1) is 10.0. The van der Waals surface area contributed by atoms with Gasteiger partial charge in [0.2, 0.25) is 0 Å². The molecule has 1 atom stereocenters. The van der Waals surface area contributed by atoms with Gasteiger partial charge in [-0.2, -0.15) is 0 Å². The van der Waals surface area contributed by atoms with Gasteiger partial charge in [0.25, 0.3) is 5.91 Å². The van der Waals surface area contributed by atoms with Gasteiger partial charge in [-0.3, -0.25) is 4.79 Å². The lowest BCUT2D eigenvalue weighted by atomic mass is 10.1. The first kappa shape index (κ1) is 15.6. The number of rotatable bonds is 5. The van der Waals surface area contributed by atoms with Crippen LogP contribution < -0.4 is 10.5 Å². The van der Waals surface area contributed by atoms with Crippen LogP contribution in [0.25, 0.3) is 0 Å². The van der Waals surface area contributed by atoms with E-state index in [1.807, 2.05) is 32.0 Å². The fraction of sp³-hybridized carbons (Fsp3) is 0.562. The van der Waals surface area contributed by atoms with Crippen LogP contribution in [0.2, 0.25) is 0 Å². The number of likely N-dealkylation sites (N-methyl/N-ethyl adjacent to an activating group) is 1. The Bertz CT molecular complexity index is 502. The molecule has 0 radical (unpaired) electrons. The molecule has 1 fully saturated rings. The van der Waals surface area contributed by atoms with E-state index in [0.29, 0.717) is 23.6 Å². The van der Waals surface area contributed by atoms with Crippen LogP contribution in [0.15, 0.2) is 18.2 Å². The van der Waals surface area contributed by atoms with E-state index in [2.05, 4.69) is 4.90 Å². The third kappa shape index (κ3) is 3.47. The highest BCUT2D eigenvalue weighted by molar-refractivity contribution is 5.99. The van der Waals surface area contributed by atoms with Crippen LogP contribution in [0.3, 0.4) is 0 Å². The van der Waals surface area contributed by atoms with Gasteiger partial charge in [0.05, 0.1) is 17.9 Å². The summed E-state index contributed by atoms with van der Waals surface area (Å²) in [6.45, 7) is 4.08. The molecule has 0 aliphatic carbocycles. The molecule has 116 valence electrons. The fourth-order valence-corrected chi connectivity index (χ4v) is 2.90. The fourth-order valence-electron chi connectivity index (χ4n) is 2.90. The number of nitrogens with two attached hydrogens (primary N) is 1. The smallest absolute Gasteiger partial charge is 0.257 e. The molecule has 2 N–H and O–H groups in total. The first-order valence-corrected chi connectivity index (χ1v) is 7.51. The van der Waals surface area contributed by atoms with E-state index in [-0.39, 0.29) is 11.9 Å². The molecule has 0 aromatic heterocycles. The van der Waals surface area contributed by atoms with Crippen molar-refractivity contribution in [2.45, 2.75) is 25.8 Å². The van der Waals surface area contributed by atoms with Crippen molar-refractivity contribution in [2.24, 2.45) is 0 Å². The second-order valence-corrected chi connectivity index (χ2v) is 5.71. The van der Waals surface area contributed by atoms with Crippen molar-refractivity contribution in [3.8, 4) is 5.75 Å². The molecule has 1 aliphatic heterocycles. The normalized spacial score (nSPS) is 18.3. The minimum absolute atomic E-state index is 0.0232. The number of carbonyl (C=O) groups is 1. The minimum atomic E-state index is 0.0232. The van der Waals surface area contributed by atoms with Gasteiger partial charge in [0, 0.05) is 19.1 Å². The van der Waals surface area contributed by atoms with Crippen LogP contribution in [0, 0.1) is 0 Å². The van der Waals surface area contributed by atoms with Gasteiger partial charge < -0.3 is 20.3 Å². The number of carbonyl (C=O) groups excluding carboxylic acids is 1. The molecule has 21 heavy (non-hydrogen) atoms. The largest absolute Gasteiger partial charge is 0.491 e. The lowest BCUT2D eigenvalue weighted by Gasteiger charge is -2.28. The predicted molar refractivity (Wildman–Crippen MR) is 84.6 cm³/mol. The Labute approximate surface area is 126 Å². The molecule has 1 saturated heterocycles. The molecule has 2 rings (SSSR count). The molecule has 1 amide bonds. The van der Waals surface area contributed by atoms with Gasteiger partial charge in [-0.25, -0.2) is 0 Å². The van der Waals surface area contributed by atoms with E-state index in [4.69, 9.17) is 10.5 Å². The predicted octanol–water partition coefficient (Wildman–Crippen LogP) is 1.83. The van der Waals surface area contributed by atoms with Crippen LogP contribution in [-0.4, -0.2) is 55.5 Å². The van der Waals surface area contributed by atoms with Crippen LogP contribution in [0.1, 0.15) is 30.1 Å². The molecule has 1 aliphatic rings. The molecule has 1 heterocycles. The third-order valence-electron chi connectivity index (χ3n) is 3.78. The van der Waals surface area contributed by atoms with E-state index in [1.54, 1.807) is 12.1 Å². The highest BCUT2D eigenvalue weighted by Gasteiger charge is 2.31. The molecular formula is C16H25N3O2. The summed E-state index contributed by atoms with van der Waals surface area (Å²) >= 11 is 0.